The van der Waals surface area contributed by atoms with E-state index in [0.717, 1.165) is 6.54 Å². The third-order valence-electron chi connectivity index (χ3n) is 3.54. The van der Waals surface area contributed by atoms with Crippen LogP contribution in [0.3, 0.4) is 0 Å². The van der Waals surface area contributed by atoms with Crippen molar-refractivity contribution < 1.29 is 4.79 Å². The second kappa shape index (κ2) is 6.32. The first-order valence-electron chi connectivity index (χ1n) is 6.55. The van der Waals surface area contributed by atoms with Gasteiger partial charge in [-0.15, -0.1) is 0 Å². The molecule has 0 saturated heterocycles. The number of pyridine rings is 1. The topological polar surface area (TPSA) is 33.2 Å². The Labute approximate surface area is 117 Å². The van der Waals surface area contributed by atoms with Gasteiger partial charge in [0.1, 0.15) is 10.3 Å². The van der Waals surface area contributed by atoms with E-state index in [-0.39, 0.29) is 5.91 Å². The van der Waals surface area contributed by atoms with Crippen molar-refractivity contribution in [2.75, 3.05) is 13.6 Å². The van der Waals surface area contributed by atoms with Crippen LogP contribution in [-0.4, -0.2) is 29.4 Å². The van der Waals surface area contributed by atoms with Crippen molar-refractivity contribution in [1.82, 2.24) is 9.88 Å². The quantitative estimate of drug-likeness (QED) is 0.801. The van der Waals surface area contributed by atoms with Crippen molar-refractivity contribution >= 4 is 21.8 Å². The average Bonchev–Trinajstić information content (AvgIpc) is 2.39. The van der Waals surface area contributed by atoms with Gasteiger partial charge in [0, 0.05) is 13.6 Å². The molecule has 1 aromatic heterocycles. The summed E-state index contributed by atoms with van der Waals surface area (Å²) in [4.78, 5) is 18.2. The summed E-state index contributed by atoms with van der Waals surface area (Å²) in [5.74, 6) is 0.682. The first-order valence-corrected chi connectivity index (χ1v) is 7.34. The van der Waals surface area contributed by atoms with Crippen LogP contribution in [0.1, 0.15) is 42.6 Å². The molecule has 1 amide bonds. The zero-order valence-electron chi connectivity index (χ0n) is 10.7. The summed E-state index contributed by atoms with van der Waals surface area (Å²) in [7, 11) is 1.87. The number of halogens is 1. The maximum atomic E-state index is 12.2. The lowest BCUT2D eigenvalue weighted by Gasteiger charge is -2.26. The highest BCUT2D eigenvalue weighted by Gasteiger charge is 2.19. The highest BCUT2D eigenvalue weighted by atomic mass is 79.9. The maximum Gasteiger partial charge on any atom is 0.272 e. The van der Waals surface area contributed by atoms with Gasteiger partial charge >= 0.3 is 0 Å². The summed E-state index contributed by atoms with van der Waals surface area (Å²) in [6, 6.07) is 5.45. The molecule has 1 heterocycles. The molecule has 0 unspecified atom stereocenters. The molecule has 0 spiro atoms. The molecule has 1 fully saturated rings. The van der Waals surface area contributed by atoms with Crippen molar-refractivity contribution in [2.45, 2.75) is 32.1 Å². The summed E-state index contributed by atoms with van der Waals surface area (Å²) in [5, 5.41) is 0. The van der Waals surface area contributed by atoms with Crippen molar-refractivity contribution in [3.63, 3.8) is 0 Å². The third kappa shape index (κ3) is 3.55. The molecule has 1 aromatic rings. The van der Waals surface area contributed by atoms with Crippen LogP contribution in [0, 0.1) is 5.92 Å². The van der Waals surface area contributed by atoms with Gasteiger partial charge in [-0.25, -0.2) is 4.98 Å². The third-order valence-corrected chi connectivity index (χ3v) is 3.98. The van der Waals surface area contributed by atoms with Crippen LogP contribution in [0.2, 0.25) is 0 Å². The highest BCUT2D eigenvalue weighted by Crippen LogP contribution is 2.24. The van der Waals surface area contributed by atoms with Gasteiger partial charge in [0.15, 0.2) is 0 Å². The van der Waals surface area contributed by atoms with E-state index in [1.807, 2.05) is 24.1 Å². The molecule has 18 heavy (non-hydrogen) atoms. The molecule has 3 nitrogen and oxygen atoms in total. The molecule has 0 N–H and O–H groups in total. The number of amides is 1. The predicted molar refractivity (Wildman–Crippen MR) is 75.5 cm³/mol. The summed E-state index contributed by atoms with van der Waals surface area (Å²) in [6.07, 6.45) is 6.47. The second-order valence-corrected chi connectivity index (χ2v) is 5.85. The van der Waals surface area contributed by atoms with E-state index >= 15 is 0 Å². The van der Waals surface area contributed by atoms with E-state index in [9.17, 15) is 4.79 Å². The molecule has 0 atom stereocenters. The molecular formula is C14H19BrN2O. The summed E-state index contributed by atoms with van der Waals surface area (Å²) < 4.78 is 0.708. The Hall–Kier alpha value is -0.900. The van der Waals surface area contributed by atoms with Crippen LogP contribution >= 0.6 is 15.9 Å². The number of carbonyl (C=O) groups is 1. The van der Waals surface area contributed by atoms with E-state index in [1.165, 1.54) is 32.1 Å². The monoisotopic (exact) mass is 310 g/mol. The Kier molecular flexibility index (Phi) is 4.75. The molecule has 0 radical (unpaired) electrons. The van der Waals surface area contributed by atoms with Crippen LogP contribution in [0.15, 0.2) is 22.8 Å². The Morgan fingerprint density at radius 3 is 2.78 bits per heavy atom. The zero-order chi connectivity index (χ0) is 13.0. The number of hydrogen-bond acceptors (Lipinski definition) is 2. The molecule has 1 aliphatic carbocycles. The molecule has 4 heteroatoms. The van der Waals surface area contributed by atoms with E-state index in [0.29, 0.717) is 16.2 Å². The number of hydrogen-bond donors (Lipinski definition) is 0. The van der Waals surface area contributed by atoms with Gasteiger partial charge in [-0.2, -0.15) is 0 Å². The summed E-state index contributed by atoms with van der Waals surface area (Å²) in [6.45, 7) is 0.854. The second-order valence-electron chi connectivity index (χ2n) is 5.04. The summed E-state index contributed by atoms with van der Waals surface area (Å²) in [5.41, 5.74) is 0.516. The lowest BCUT2D eigenvalue weighted by molar-refractivity contribution is 0.0754. The van der Waals surface area contributed by atoms with Crippen LogP contribution in [-0.2, 0) is 0 Å². The fourth-order valence-electron chi connectivity index (χ4n) is 2.56. The number of rotatable bonds is 3. The minimum absolute atomic E-state index is 0.0156. The molecule has 0 bridgehead atoms. The zero-order valence-corrected chi connectivity index (χ0v) is 12.3. The first kappa shape index (κ1) is 13.5. The lowest BCUT2D eigenvalue weighted by Crippen LogP contribution is -2.33. The number of carbonyl (C=O) groups excluding carboxylic acids is 1. The van der Waals surface area contributed by atoms with Crippen LogP contribution in [0.5, 0.6) is 0 Å². The maximum absolute atomic E-state index is 12.2. The Balaban J connectivity index is 1.95. The predicted octanol–water partition coefficient (Wildman–Crippen LogP) is 3.50. The van der Waals surface area contributed by atoms with Crippen LogP contribution in [0.4, 0.5) is 0 Å². The molecule has 2 rings (SSSR count). The Bertz CT molecular complexity index is 416. The molecule has 98 valence electrons. The molecule has 0 aromatic carbocycles. The van der Waals surface area contributed by atoms with Crippen molar-refractivity contribution in [1.29, 1.82) is 0 Å². The normalized spacial score (nSPS) is 16.6. The first-order chi connectivity index (χ1) is 8.66. The molecular weight excluding hydrogens is 292 g/mol. The van der Waals surface area contributed by atoms with Crippen LogP contribution < -0.4 is 0 Å². The van der Waals surface area contributed by atoms with Gasteiger partial charge in [0.05, 0.1) is 0 Å². The van der Waals surface area contributed by atoms with Crippen molar-refractivity contribution in [3.05, 3.63) is 28.5 Å². The highest BCUT2D eigenvalue weighted by molar-refractivity contribution is 9.10. The SMILES string of the molecule is CN(CC1CCCCC1)C(=O)c1cccc(Br)n1. The van der Waals surface area contributed by atoms with Crippen molar-refractivity contribution in [3.8, 4) is 0 Å². The average molecular weight is 311 g/mol. The molecule has 1 saturated carbocycles. The van der Waals surface area contributed by atoms with Gasteiger partial charge in [-0.05, 0) is 46.8 Å². The number of aromatic nitrogens is 1. The van der Waals surface area contributed by atoms with E-state index in [1.54, 1.807) is 6.07 Å². The van der Waals surface area contributed by atoms with E-state index in [4.69, 9.17) is 0 Å². The lowest BCUT2D eigenvalue weighted by atomic mass is 9.89. The smallest absolute Gasteiger partial charge is 0.272 e. The van der Waals surface area contributed by atoms with Gasteiger partial charge < -0.3 is 4.90 Å². The van der Waals surface area contributed by atoms with Gasteiger partial charge in [-0.1, -0.05) is 25.3 Å². The summed E-state index contributed by atoms with van der Waals surface area (Å²) >= 11 is 3.30. The fraction of sp³-hybridized carbons (Fsp3) is 0.571. The Morgan fingerprint density at radius 2 is 2.11 bits per heavy atom. The van der Waals surface area contributed by atoms with Gasteiger partial charge in [0.2, 0.25) is 0 Å². The number of nitrogens with zero attached hydrogens (tertiary/aromatic N) is 2. The molecule has 0 aliphatic heterocycles. The minimum Gasteiger partial charge on any atom is -0.340 e. The molecule has 1 aliphatic rings. The standard InChI is InChI=1S/C14H19BrN2O/c1-17(10-11-6-3-2-4-7-11)14(18)12-8-5-9-13(15)16-12/h5,8-9,11H,2-4,6-7,10H2,1H3. The van der Waals surface area contributed by atoms with E-state index < -0.39 is 0 Å². The minimum atomic E-state index is 0.0156. The van der Waals surface area contributed by atoms with Crippen LogP contribution in [0.25, 0.3) is 0 Å². The largest absolute Gasteiger partial charge is 0.340 e. The van der Waals surface area contributed by atoms with Gasteiger partial charge in [-0.3, -0.25) is 4.79 Å². The van der Waals surface area contributed by atoms with Crippen molar-refractivity contribution in [2.24, 2.45) is 5.92 Å². The van der Waals surface area contributed by atoms with E-state index in [2.05, 4.69) is 20.9 Å². The Morgan fingerprint density at radius 1 is 1.39 bits per heavy atom. The van der Waals surface area contributed by atoms with Gasteiger partial charge in [0.25, 0.3) is 5.91 Å². The fourth-order valence-corrected chi connectivity index (χ4v) is 2.91.